The van der Waals surface area contributed by atoms with E-state index in [4.69, 9.17) is 47.4 Å². The Morgan fingerprint density at radius 2 is 1.55 bits per heavy atom. The van der Waals surface area contributed by atoms with Crippen LogP contribution in [0.2, 0.25) is 0 Å². The molecule has 1 aromatic rings. The largest absolute Gasteiger partial charge is 0.459 e. The van der Waals surface area contributed by atoms with E-state index in [-0.39, 0.29) is 31.3 Å². The molecule has 1 saturated carbocycles. The molecule has 4 N–H and O–H groups in total. The maximum absolute atomic E-state index is 14.0. The van der Waals surface area contributed by atoms with Crippen molar-refractivity contribution < 1.29 is 87.0 Å². The Labute approximate surface area is 334 Å². The summed E-state index contributed by atoms with van der Waals surface area (Å²) in [5.41, 5.74) is 0.0624. The highest BCUT2D eigenvalue weighted by atomic mass is 16.8. The van der Waals surface area contributed by atoms with Crippen molar-refractivity contribution in [2.24, 2.45) is 17.8 Å². The van der Waals surface area contributed by atoms with Gasteiger partial charge in [-0.25, -0.2) is 4.79 Å². The first-order valence-corrected chi connectivity index (χ1v) is 19.7. The molecule has 58 heavy (non-hydrogen) atoms. The average Bonchev–Trinajstić information content (AvgIpc) is 3.96. The summed E-state index contributed by atoms with van der Waals surface area (Å²) in [6.07, 6.45) is -12.2. The zero-order valence-electron chi connectivity index (χ0n) is 32.7. The molecule has 5 saturated heterocycles. The van der Waals surface area contributed by atoms with Crippen LogP contribution >= 0.6 is 0 Å². The molecule has 0 amide bonds. The zero-order chi connectivity index (χ0) is 41.5. The zero-order valence-corrected chi connectivity index (χ0v) is 32.7. The summed E-state index contributed by atoms with van der Waals surface area (Å²) < 4.78 is 59.1. The summed E-state index contributed by atoms with van der Waals surface area (Å²) in [5.74, 6) is -5.13. The highest BCUT2D eigenvalue weighted by Gasteiger charge is 2.76. The predicted molar refractivity (Wildman–Crippen MR) is 192 cm³/mol. The number of rotatable bonds is 10. The van der Waals surface area contributed by atoms with Crippen molar-refractivity contribution >= 4 is 30.0 Å². The molecular formula is C40H52O18. The van der Waals surface area contributed by atoms with E-state index in [0.29, 0.717) is 19.4 Å². The van der Waals surface area contributed by atoms with Gasteiger partial charge < -0.3 is 67.8 Å². The molecule has 6 aliphatic rings. The lowest BCUT2D eigenvalue weighted by atomic mass is 9.72. The van der Waals surface area contributed by atoms with Crippen LogP contribution in [0.25, 0.3) is 6.08 Å². The second kappa shape index (κ2) is 17.2. The lowest BCUT2D eigenvalue weighted by Gasteiger charge is -2.46. The fourth-order valence-corrected chi connectivity index (χ4v) is 8.91. The number of benzene rings is 1. The molecule has 1 aromatic carbocycles. The van der Waals surface area contributed by atoms with Crippen molar-refractivity contribution in [2.45, 2.75) is 138 Å². The molecular weight excluding hydrogens is 768 g/mol. The Bertz CT molecular complexity index is 1680. The van der Waals surface area contributed by atoms with Crippen LogP contribution in [-0.4, -0.2) is 149 Å². The topological polar surface area (TPSA) is 245 Å². The monoisotopic (exact) mass is 820 g/mol. The molecule has 0 aromatic heterocycles. The third kappa shape index (κ3) is 8.41. The van der Waals surface area contributed by atoms with Gasteiger partial charge >= 0.3 is 23.9 Å². The molecule has 17 atom stereocenters. The van der Waals surface area contributed by atoms with Crippen LogP contribution in [0.5, 0.6) is 0 Å². The maximum atomic E-state index is 14.0. The standard InChI is InChI=1S/C40H52O18/c1-19-17-49-40(15-27(19)54-29(44)13-10-23-8-6-5-7-9-23)39(18-50-39)25-12-11-24(14-26(25)58-40)36(48)57-38-35(34(53-22(4)43)31(46)28(16-41)55-38)56-37-32(47)33(52-21(3)42)30(45)20(2)51-37/h5-10,13,19-20,24-28,30-35,37-38,41,45-47H,11-12,14-18H2,1-4H3/b13-10+. The molecule has 2 spiro atoms. The molecule has 7 rings (SSSR count). The molecule has 18 nitrogen and oxygen atoms in total. The van der Waals surface area contributed by atoms with Gasteiger partial charge in [0.25, 0.3) is 0 Å². The second-order valence-corrected chi connectivity index (χ2v) is 16.0. The molecule has 5 heterocycles. The number of ether oxygens (including phenoxy) is 10. The van der Waals surface area contributed by atoms with E-state index in [1.165, 1.54) is 13.0 Å². The summed E-state index contributed by atoms with van der Waals surface area (Å²) in [4.78, 5) is 50.9. The lowest BCUT2D eigenvalue weighted by Crippen LogP contribution is -2.65. The van der Waals surface area contributed by atoms with Crippen molar-refractivity contribution in [3.63, 3.8) is 0 Å². The van der Waals surface area contributed by atoms with E-state index in [1.807, 2.05) is 37.3 Å². The number of carbonyl (C=O) groups is 4. The fourth-order valence-electron chi connectivity index (χ4n) is 8.91. The molecule has 0 radical (unpaired) electrons. The number of carbonyl (C=O) groups excluding carboxylic acids is 4. The normalized spacial score (nSPS) is 43.4. The number of fused-ring (bicyclic) bond motifs is 3. The molecule has 0 bridgehead atoms. The summed E-state index contributed by atoms with van der Waals surface area (Å²) >= 11 is 0. The fraction of sp³-hybridized carbons (Fsp3) is 0.700. The van der Waals surface area contributed by atoms with Gasteiger partial charge in [-0.1, -0.05) is 37.3 Å². The number of aliphatic hydroxyl groups excluding tert-OH is 4. The maximum Gasteiger partial charge on any atom is 0.331 e. The van der Waals surface area contributed by atoms with Crippen LogP contribution in [-0.2, 0) is 66.5 Å². The molecule has 1 aliphatic carbocycles. The smallest absolute Gasteiger partial charge is 0.331 e. The Balaban J connectivity index is 1.05. The van der Waals surface area contributed by atoms with Crippen molar-refractivity contribution in [3.05, 3.63) is 42.0 Å². The Morgan fingerprint density at radius 1 is 0.845 bits per heavy atom. The SMILES string of the molecule is CC(=O)OC1C(O)C(C)OC(OC2C(OC(=O)C3CCC4C(C3)OC3(CC(OC(=O)/C=C/c5ccccc5)C(C)CO3)C43CO3)OC(CO)C(O)C2OC(C)=O)C1O. The van der Waals surface area contributed by atoms with Gasteiger partial charge in [0.05, 0.1) is 37.9 Å². The number of epoxide rings is 1. The van der Waals surface area contributed by atoms with E-state index >= 15 is 0 Å². The number of aliphatic hydroxyl groups is 4. The van der Waals surface area contributed by atoms with Gasteiger partial charge in [0, 0.05) is 38.2 Å². The van der Waals surface area contributed by atoms with E-state index in [2.05, 4.69) is 0 Å². The Hall–Kier alpha value is -3.56. The van der Waals surface area contributed by atoms with Gasteiger partial charge in [0.2, 0.25) is 12.1 Å². The van der Waals surface area contributed by atoms with Gasteiger partial charge in [-0.05, 0) is 37.8 Å². The van der Waals surface area contributed by atoms with Crippen molar-refractivity contribution in [1.29, 1.82) is 0 Å². The van der Waals surface area contributed by atoms with Crippen molar-refractivity contribution in [3.8, 4) is 0 Å². The quantitative estimate of drug-likeness (QED) is 0.107. The summed E-state index contributed by atoms with van der Waals surface area (Å²) in [5, 5.41) is 42.8. The third-order valence-corrected chi connectivity index (χ3v) is 12.0. The predicted octanol–water partition coefficient (Wildman–Crippen LogP) is 0.285. The van der Waals surface area contributed by atoms with Gasteiger partial charge in [-0.2, -0.15) is 0 Å². The molecule has 18 heteroatoms. The summed E-state index contributed by atoms with van der Waals surface area (Å²) in [7, 11) is 0. The Morgan fingerprint density at radius 3 is 2.22 bits per heavy atom. The molecule has 6 fully saturated rings. The number of hydrogen-bond donors (Lipinski definition) is 4. The summed E-state index contributed by atoms with van der Waals surface area (Å²) in [6.45, 7) is 5.39. The van der Waals surface area contributed by atoms with E-state index < -0.39 is 121 Å². The second-order valence-electron chi connectivity index (χ2n) is 16.0. The minimum absolute atomic E-state index is 0.131. The van der Waals surface area contributed by atoms with Crippen LogP contribution in [0.3, 0.4) is 0 Å². The van der Waals surface area contributed by atoms with Crippen LogP contribution in [0.1, 0.15) is 58.9 Å². The third-order valence-electron chi connectivity index (χ3n) is 12.0. The molecule has 17 unspecified atom stereocenters. The van der Waals surface area contributed by atoms with Gasteiger partial charge in [0.15, 0.2) is 30.2 Å². The van der Waals surface area contributed by atoms with Crippen LogP contribution in [0.4, 0.5) is 0 Å². The molecule has 320 valence electrons. The summed E-state index contributed by atoms with van der Waals surface area (Å²) in [6, 6.07) is 9.38. The first-order chi connectivity index (χ1) is 27.6. The average molecular weight is 821 g/mol. The first kappa shape index (κ1) is 42.6. The molecule has 5 aliphatic heterocycles. The van der Waals surface area contributed by atoms with Gasteiger partial charge in [-0.3, -0.25) is 14.4 Å². The van der Waals surface area contributed by atoms with Crippen molar-refractivity contribution in [2.75, 3.05) is 19.8 Å². The van der Waals surface area contributed by atoms with E-state index in [1.54, 1.807) is 6.08 Å². The van der Waals surface area contributed by atoms with Crippen LogP contribution in [0.15, 0.2) is 36.4 Å². The number of hydrogen-bond acceptors (Lipinski definition) is 18. The minimum atomic E-state index is -1.78. The number of esters is 4. The van der Waals surface area contributed by atoms with Crippen molar-refractivity contribution in [1.82, 2.24) is 0 Å². The van der Waals surface area contributed by atoms with Crippen LogP contribution < -0.4 is 0 Å². The van der Waals surface area contributed by atoms with E-state index in [9.17, 15) is 39.6 Å². The van der Waals surface area contributed by atoms with Crippen LogP contribution in [0, 0.1) is 17.8 Å². The van der Waals surface area contributed by atoms with Gasteiger partial charge in [0.1, 0.15) is 30.5 Å². The van der Waals surface area contributed by atoms with Gasteiger partial charge in [-0.15, -0.1) is 0 Å². The first-order valence-electron chi connectivity index (χ1n) is 19.7. The highest BCUT2D eigenvalue weighted by molar-refractivity contribution is 5.87. The minimum Gasteiger partial charge on any atom is -0.459 e. The van der Waals surface area contributed by atoms with E-state index in [0.717, 1.165) is 19.4 Å². The lowest BCUT2D eigenvalue weighted by molar-refractivity contribution is -0.360. The highest BCUT2D eigenvalue weighted by Crippen LogP contribution is 2.62. The Kier molecular flexibility index (Phi) is 12.6.